The number of carbonyl (C=O) groups excluding carboxylic acids is 2. The molecule has 2 heterocycles. The van der Waals surface area contributed by atoms with Gasteiger partial charge in [-0.1, -0.05) is 0 Å². The third-order valence-electron chi connectivity index (χ3n) is 4.76. The minimum atomic E-state index is -0.417. The lowest BCUT2D eigenvalue weighted by atomic mass is 10.0. The number of hydrogen-bond donors (Lipinski definition) is 4. The molecule has 2 aliphatic rings. The molecule has 0 unspecified atom stereocenters. The van der Waals surface area contributed by atoms with E-state index in [1.807, 2.05) is 41.5 Å². The molecule has 2 amide bonds. The van der Waals surface area contributed by atoms with Crippen molar-refractivity contribution in [3.63, 3.8) is 0 Å². The average molecular weight is 429 g/mol. The van der Waals surface area contributed by atoms with E-state index in [0.717, 1.165) is 38.8 Å². The van der Waals surface area contributed by atoms with Crippen LogP contribution in [-0.4, -0.2) is 60.6 Å². The predicted octanol–water partition coefficient (Wildman–Crippen LogP) is 3.30. The van der Waals surface area contributed by atoms with Gasteiger partial charge in [-0.15, -0.1) is 0 Å². The Balaban J connectivity index is 0.000000300. The summed E-state index contributed by atoms with van der Waals surface area (Å²) in [7, 11) is 0. The molecule has 8 heteroatoms. The number of piperidine rings is 2. The monoisotopic (exact) mass is 428 g/mol. The van der Waals surface area contributed by atoms with Gasteiger partial charge in [0.15, 0.2) is 0 Å². The molecular weight excluding hydrogens is 384 g/mol. The molecule has 0 spiro atoms. The molecule has 0 aliphatic carbocycles. The van der Waals surface area contributed by atoms with Gasteiger partial charge in [0.1, 0.15) is 11.2 Å². The number of carbonyl (C=O) groups is 2. The molecule has 2 fully saturated rings. The molecule has 2 rings (SSSR count). The fraction of sp³-hybridized carbons (Fsp3) is 0.909. The van der Waals surface area contributed by atoms with Gasteiger partial charge in [0.05, 0.1) is 0 Å². The van der Waals surface area contributed by atoms with Crippen molar-refractivity contribution in [2.24, 2.45) is 0 Å². The van der Waals surface area contributed by atoms with Crippen LogP contribution in [0.25, 0.3) is 0 Å². The molecule has 0 aromatic heterocycles. The third-order valence-corrected chi connectivity index (χ3v) is 4.76. The highest BCUT2D eigenvalue weighted by Gasteiger charge is 2.23. The average Bonchev–Trinajstić information content (AvgIpc) is 2.56. The molecule has 0 saturated carbocycles. The van der Waals surface area contributed by atoms with Crippen LogP contribution in [0.3, 0.4) is 0 Å². The van der Waals surface area contributed by atoms with Crippen molar-refractivity contribution in [2.75, 3.05) is 13.1 Å². The van der Waals surface area contributed by atoms with Gasteiger partial charge in [0, 0.05) is 37.3 Å². The zero-order valence-electron chi connectivity index (χ0n) is 20.2. The van der Waals surface area contributed by atoms with E-state index in [1.54, 1.807) is 0 Å². The van der Waals surface area contributed by atoms with Crippen LogP contribution in [0.2, 0.25) is 0 Å². The van der Waals surface area contributed by atoms with E-state index >= 15 is 0 Å². The van der Waals surface area contributed by atoms with Crippen molar-refractivity contribution in [1.82, 2.24) is 21.3 Å². The molecular formula is C22H44N4O4. The summed E-state index contributed by atoms with van der Waals surface area (Å²) in [5, 5.41) is 12.4. The Morgan fingerprint density at radius 1 is 0.700 bits per heavy atom. The minimum absolute atomic E-state index is 0.205. The van der Waals surface area contributed by atoms with Crippen LogP contribution in [0, 0.1) is 0 Å². The van der Waals surface area contributed by atoms with Crippen molar-refractivity contribution in [1.29, 1.82) is 0 Å². The summed E-state index contributed by atoms with van der Waals surface area (Å²) in [6, 6.07) is 1.52. The maximum absolute atomic E-state index is 11.4. The highest BCUT2D eigenvalue weighted by molar-refractivity contribution is 5.68. The number of ether oxygens (including phenoxy) is 2. The number of hydrogen-bond acceptors (Lipinski definition) is 6. The molecule has 30 heavy (non-hydrogen) atoms. The highest BCUT2D eigenvalue weighted by atomic mass is 16.6. The summed E-state index contributed by atoms with van der Waals surface area (Å²) < 4.78 is 10.4. The fourth-order valence-corrected chi connectivity index (χ4v) is 3.19. The maximum Gasteiger partial charge on any atom is 0.407 e. The fourth-order valence-electron chi connectivity index (χ4n) is 3.19. The second-order valence-electron chi connectivity index (χ2n) is 10.5. The molecule has 0 aromatic rings. The zero-order valence-corrected chi connectivity index (χ0v) is 20.2. The van der Waals surface area contributed by atoms with Crippen molar-refractivity contribution >= 4 is 12.2 Å². The van der Waals surface area contributed by atoms with E-state index < -0.39 is 11.2 Å². The Kier molecular flexibility index (Phi) is 10.4. The van der Waals surface area contributed by atoms with Crippen LogP contribution in [0.1, 0.15) is 81.1 Å². The molecule has 0 bridgehead atoms. The van der Waals surface area contributed by atoms with Gasteiger partial charge in [0.25, 0.3) is 0 Å². The maximum atomic E-state index is 11.4. The molecule has 2 aliphatic heterocycles. The van der Waals surface area contributed by atoms with Gasteiger partial charge in [-0.25, -0.2) is 9.59 Å². The van der Waals surface area contributed by atoms with Crippen LogP contribution >= 0.6 is 0 Å². The number of alkyl carbamates (subject to hydrolysis) is 2. The Labute approximate surface area is 182 Å². The SMILES string of the molecule is C[C@@H]1CC[C@@H](NC(=O)OC(C)(C)C)CN1.C[C@H]1CC[C@H](NC(=O)OC(C)(C)C)CN1. The predicted molar refractivity (Wildman–Crippen MR) is 120 cm³/mol. The van der Waals surface area contributed by atoms with Crippen molar-refractivity contribution < 1.29 is 19.1 Å². The Morgan fingerprint density at radius 3 is 1.27 bits per heavy atom. The van der Waals surface area contributed by atoms with Crippen LogP contribution in [-0.2, 0) is 9.47 Å². The Morgan fingerprint density at radius 2 is 1.03 bits per heavy atom. The molecule has 2 saturated heterocycles. The van der Waals surface area contributed by atoms with E-state index in [4.69, 9.17) is 9.47 Å². The smallest absolute Gasteiger partial charge is 0.407 e. The second-order valence-corrected chi connectivity index (χ2v) is 10.5. The molecule has 4 atom stereocenters. The second kappa shape index (κ2) is 11.7. The lowest BCUT2D eigenvalue weighted by Crippen LogP contribution is -2.49. The minimum Gasteiger partial charge on any atom is -0.444 e. The van der Waals surface area contributed by atoms with E-state index in [1.165, 1.54) is 0 Å². The molecule has 0 radical (unpaired) electrons. The zero-order chi connectivity index (χ0) is 22.9. The van der Waals surface area contributed by atoms with Crippen molar-refractivity contribution in [3.05, 3.63) is 0 Å². The Bertz CT molecular complexity index is 478. The normalized spacial score (nSPS) is 27.2. The lowest BCUT2D eigenvalue weighted by Gasteiger charge is -2.29. The number of rotatable bonds is 2. The quantitative estimate of drug-likeness (QED) is 0.538. The van der Waals surface area contributed by atoms with Gasteiger partial charge in [0.2, 0.25) is 0 Å². The van der Waals surface area contributed by atoms with Crippen LogP contribution < -0.4 is 21.3 Å². The number of amides is 2. The first-order valence-corrected chi connectivity index (χ1v) is 11.2. The van der Waals surface area contributed by atoms with E-state index in [-0.39, 0.29) is 24.3 Å². The van der Waals surface area contributed by atoms with E-state index in [2.05, 4.69) is 35.1 Å². The largest absolute Gasteiger partial charge is 0.444 e. The molecule has 0 aromatic carbocycles. The standard InChI is InChI=1S/2C11H22N2O2/c2*1-8-5-6-9(7-12-8)13-10(14)15-11(2,3)4/h2*8-9,12H,5-7H2,1-4H3,(H,13,14)/t2*8-,9-/m10/s1. The highest BCUT2D eigenvalue weighted by Crippen LogP contribution is 2.11. The molecule has 176 valence electrons. The Hall–Kier alpha value is -1.54. The van der Waals surface area contributed by atoms with Gasteiger partial charge < -0.3 is 30.7 Å². The summed E-state index contributed by atoms with van der Waals surface area (Å²) in [6.45, 7) is 17.2. The van der Waals surface area contributed by atoms with Crippen molar-refractivity contribution in [2.45, 2.75) is 116 Å². The van der Waals surface area contributed by atoms with Gasteiger partial charge >= 0.3 is 12.2 Å². The van der Waals surface area contributed by atoms with E-state index in [9.17, 15) is 9.59 Å². The summed E-state index contributed by atoms with van der Waals surface area (Å²) in [5.74, 6) is 0. The summed E-state index contributed by atoms with van der Waals surface area (Å²) >= 11 is 0. The van der Waals surface area contributed by atoms with Crippen LogP contribution in [0.4, 0.5) is 9.59 Å². The first kappa shape index (κ1) is 26.5. The molecule has 4 N–H and O–H groups in total. The van der Waals surface area contributed by atoms with Crippen LogP contribution in [0.5, 0.6) is 0 Å². The third kappa shape index (κ3) is 12.9. The lowest BCUT2D eigenvalue weighted by molar-refractivity contribution is 0.0482. The van der Waals surface area contributed by atoms with E-state index in [0.29, 0.717) is 12.1 Å². The summed E-state index contributed by atoms with van der Waals surface area (Å²) in [5.41, 5.74) is -0.834. The van der Waals surface area contributed by atoms with Gasteiger partial charge in [-0.05, 0) is 81.1 Å². The first-order chi connectivity index (χ1) is 13.7. The number of nitrogens with one attached hydrogen (secondary N) is 4. The van der Waals surface area contributed by atoms with Crippen LogP contribution in [0.15, 0.2) is 0 Å². The van der Waals surface area contributed by atoms with Crippen molar-refractivity contribution in [3.8, 4) is 0 Å². The summed E-state index contributed by atoms with van der Waals surface area (Å²) in [4.78, 5) is 22.9. The molecule has 8 nitrogen and oxygen atoms in total. The first-order valence-electron chi connectivity index (χ1n) is 11.2. The topological polar surface area (TPSA) is 101 Å². The summed E-state index contributed by atoms with van der Waals surface area (Å²) in [6.07, 6.45) is 3.61. The van der Waals surface area contributed by atoms with Gasteiger partial charge in [-0.3, -0.25) is 0 Å². The van der Waals surface area contributed by atoms with Gasteiger partial charge in [-0.2, -0.15) is 0 Å².